The fourth-order valence-corrected chi connectivity index (χ4v) is 6.11. The van der Waals surface area contributed by atoms with Gasteiger partial charge in [0.25, 0.3) is 0 Å². The predicted molar refractivity (Wildman–Crippen MR) is 92.0 cm³/mol. The van der Waals surface area contributed by atoms with Crippen LogP contribution in [0.4, 0.5) is 0 Å². The van der Waals surface area contributed by atoms with Crippen LogP contribution in [-0.4, -0.2) is 5.75 Å². The van der Waals surface area contributed by atoms with Gasteiger partial charge in [-0.1, -0.05) is 18.2 Å². The zero-order chi connectivity index (χ0) is 13.5. The van der Waals surface area contributed by atoms with Gasteiger partial charge in [-0.25, -0.2) is 0 Å². The summed E-state index contributed by atoms with van der Waals surface area (Å²) in [5, 5.41) is 3.54. The smallest absolute Gasteiger partial charge is 0.0660 e. The summed E-state index contributed by atoms with van der Waals surface area (Å²) in [5.41, 5.74) is 9.33. The number of nitrogens with two attached hydrogens (primary N) is 1. The molecule has 0 spiro atoms. The molecule has 0 saturated heterocycles. The van der Waals surface area contributed by atoms with E-state index in [-0.39, 0.29) is 6.04 Å². The van der Waals surface area contributed by atoms with Crippen molar-refractivity contribution in [3.8, 4) is 0 Å². The molecule has 0 amide bonds. The zero-order valence-electron chi connectivity index (χ0n) is 11.0. The third-order valence-electron chi connectivity index (χ3n) is 3.80. The van der Waals surface area contributed by atoms with Crippen molar-refractivity contribution in [1.29, 1.82) is 0 Å². The van der Waals surface area contributed by atoms with Gasteiger partial charge in [0.1, 0.15) is 0 Å². The molecule has 3 aromatic rings. The van der Waals surface area contributed by atoms with Crippen molar-refractivity contribution in [3.63, 3.8) is 0 Å². The first-order chi connectivity index (χ1) is 9.83. The maximum absolute atomic E-state index is 6.55. The minimum atomic E-state index is 0.0201. The Morgan fingerprint density at radius 2 is 2.10 bits per heavy atom. The van der Waals surface area contributed by atoms with Crippen LogP contribution in [0.5, 0.6) is 0 Å². The summed E-state index contributed by atoms with van der Waals surface area (Å²) in [6.07, 6.45) is 1.21. The average Bonchev–Trinajstić information content (AvgIpc) is 3.10. The summed E-state index contributed by atoms with van der Waals surface area (Å²) in [5.74, 6) is 2.41. The monoisotopic (exact) mass is 317 g/mol. The molecule has 20 heavy (non-hydrogen) atoms. The Kier molecular flexibility index (Phi) is 3.34. The summed E-state index contributed by atoms with van der Waals surface area (Å²) in [4.78, 5) is 2.87. The Morgan fingerprint density at radius 3 is 3.00 bits per heavy atom. The third-order valence-corrected chi connectivity index (χ3v) is 7.11. The van der Waals surface area contributed by atoms with Crippen LogP contribution in [0, 0.1) is 0 Å². The van der Waals surface area contributed by atoms with Crippen LogP contribution in [0.15, 0.2) is 35.7 Å². The van der Waals surface area contributed by atoms with Crippen LogP contribution in [0.25, 0.3) is 10.1 Å². The Hall–Kier alpha value is -0.810. The fraction of sp³-hybridized carbons (Fsp3) is 0.250. The highest BCUT2D eigenvalue weighted by atomic mass is 32.2. The van der Waals surface area contributed by atoms with E-state index in [1.807, 2.05) is 23.1 Å². The fourth-order valence-electron chi connectivity index (χ4n) is 2.72. The molecule has 0 fully saturated rings. The lowest BCUT2D eigenvalue weighted by Gasteiger charge is -2.08. The molecule has 2 N–H and O–H groups in total. The minimum Gasteiger partial charge on any atom is -0.320 e. The molecule has 1 aromatic carbocycles. The molecule has 1 unspecified atom stereocenters. The summed E-state index contributed by atoms with van der Waals surface area (Å²) < 4.78 is 1.33. The van der Waals surface area contributed by atoms with Crippen molar-refractivity contribution in [2.24, 2.45) is 5.73 Å². The van der Waals surface area contributed by atoms with Gasteiger partial charge in [-0.3, -0.25) is 0 Å². The molecule has 4 rings (SSSR count). The molecule has 0 saturated carbocycles. The lowest BCUT2D eigenvalue weighted by molar-refractivity contribution is 0.907. The third kappa shape index (κ3) is 2.11. The van der Waals surface area contributed by atoms with Crippen molar-refractivity contribution in [2.45, 2.75) is 18.2 Å². The van der Waals surface area contributed by atoms with Crippen LogP contribution in [0.3, 0.4) is 0 Å². The first-order valence-electron chi connectivity index (χ1n) is 6.74. The number of benzene rings is 1. The first kappa shape index (κ1) is 12.9. The van der Waals surface area contributed by atoms with Gasteiger partial charge in [0.15, 0.2) is 0 Å². The summed E-state index contributed by atoms with van der Waals surface area (Å²) in [6.45, 7) is 0. The number of aryl methyl sites for hydroxylation is 1. The van der Waals surface area contributed by atoms with Crippen molar-refractivity contribution < 1.29 is 0 Å². The molecule has 1 nitrogen and oxygen atoms in total. The summed E-state index contributed by atoms with van der Waals surface area (Å²) >= 11 is 5.74. The van der Waals surface area contributed by atoms with Gasteiger partial charge in [0.2, 0.25) is 0 Å². The van der Waals surface area contributed by atoms with Crippen LogP contribution in [0.2, 0.25) is 0 Å². The van der Waals surface area contributed by atoms with E-state index in [9.17, 15) is 0 Å². The maximum atomic E-state index is 6.55. The van der Waals surface area contributed by atoms with E-state index in [0.29, 0.717) is 0 Å². The van der Waals surface area contributed by atoms with Crippen molar-refractivity contribution in [1.82, 2.24) is 0 Å². The highest BCUT2D eigenvalue weighted by molar-refractivity contribution is 7.98. The quantitative estimate of drug-likeness (QED) is 0.734. The SMILES string of the molecule is NC(c1cc2c(s1)CCSC2)c1csc2ccccc12. The van der Waals surface area contributed by atoms with Crippen molar-refractivity contribution in [3.05, 3.63) is 56.6 Å². The Labute approximate surface area is 130 Å². The van der Waals surface area contributed by atoms with E-state index < -0.39 is 0 Å². The Bertz CT molecular complexity index is 733. The molecule has 1 aliphatic heterocycles. The van der Waals surface area contributed by atoms with Gasteiger partial charge >= 0.3 is 0 Å². The molecule has 3 heterocycles. The lowest BCUT2D eigenvalue weighted by Crippen LogP contribution is -2.09. The van der Waals surface area contributed by atoms with Gasteiger partial charge in [0.05, 0.1) is 6.04 Å². The highest BCUT2D eigenvalue weighted by Crippen LogP contribution is 2.38. The van der Waals surface area contributed by atoms with Crippen LogP contribution < -0.4 is 5.73 Å². The van der Waals surface area contributed by atoms with E-state index in [0.717, 1.165) is 5.75 Å². The second-order valence-electron chi connectivity index (χ2n) is 5.06. The van der Waals surface area contributed by atoms with Gasteiger partial charge in [-0.05, 0) is 46.2 Å². The number of fused-ring (bicyclic) bond motifs is 2. The largest absolute Gasteiger partial charge is 0.320 e. The molecule has 4 heteroatoms. The second kappa shape index (κ2) is 5.19. The molecule has 0 radical (unpaired) electrons. The van der Waals surface area contributed by atoms with Gasteiger partial charge in [-0.15, -0.1) is 22.7 Å². The first-order valence-corrected chi connectivity index (χ1v) is 9.59. The molecular formula is C16H15NS3. The van der Waals surface area contributed by atoms with Crippen molar-refractivity contribution in [2.75, 3.05) is 5.75 Å². The van der Waals surface area contributed by atoms with E-state index in [1.165, 1.54) is 38.3 Å². The Balaban J connectivity index is 1.76. The summed E-state index contributed by atoms with van der Waals surface area (Å²) in [7, 11) is 0. The standard InChI is InChI=1S/C16H15NS3/c17-16(12-9-19-14-4-2-1-3-11(12)14)15-7-10-8-18-6-5-13(10)20-15/h1-4,7,9,16H,5-6,8,17H2. The lowest BCUT2D eigenvalue weighted by atomic mass is 10.0. The molecule has 1 atom stereocenters. The highest BCUT2D eigenvalue weighted by Gasteiger charge is 2.20. The van der Waals surface area contributed by atoms with Crippen LogP contribution >= 0.6 is 34.4 Å². The second-order valence-corrected chi connectivity index (χ2v) is 8.25. The molecule has 2 aromatic heterocycles. The number of hydrogen-bond acceptors (Lipinski definition) is 4. The topological polar surface area (TPSA) is 26.0 Å². The van der Waals surface area contributed by atoms with Gasteiger partial charge in [-0.2, -0.15) is 11.8 Å². The molecule has 102 valence electrons. The van der Waals surface area contributed by atoms with E-state index >= 15 is 0 Å². The molecular weight excluding hydrogens is 302 g/mol. The summed E-state index contributed by atoms with van der Waals surface area (Å²) in [6, 6.07) is 10.9. The maximum Gasteiger partial charge on any atom is 0.0660 e. The van der Waals surface area contributed by atoms with Gasteiger partial charge < -0.3 is 5.73 Å². The Morgan fingerprint density at radius 1 is 1.20 bits per heavy atom. The molecule has 0 aliphatic carbocycles. The number of hydrogen-bond donors (Lipinski definition) is 1. The van der Waals surface area contributed by atoms with Crippen LogP contribution in [0.1, 0.15) is 26.9 Å². The van der Waals surface area contributed by atoms with E-state index in [1.54, 1.807) is 16.2 Å². The number of thioether (sulfide) groups is 1. The molecule has 1 aliphatic rings. The predicted octanol–water partition coefficient (Wildman–Crippen LogP) is 4.80. The normalized spacial score (nSPS) is 16.2. The van der Waals surface area contributed by atoms with Crippen molar-refractivity contribution >= 4 is 44.5 Å². The van der Waals surface area contributed by atoms with E-state index in [4.69, 9.17) is 5.73 Å². The van der Waals surface area contributed by atoms with E-state index in [2.05, 4.69) is 35.7 Å². The average molecular weight is 318 g/mol. The zero-order valence-corrected chi connectivity index (χ0v) is 13.4. The van der Waals surface area contributed by atoms with Gasteiger partial charge in [0, 0.05) is 20.2 Å². The van der Waals surface area contributed by atoms with Crippen LogP contribution in [-0.2, 0) is 12.2 Å². The molecule has 0 bridgehead atoms. The number of thiophene rings is 2. The number of rotatable bonds is 2. The minimum absolute atomic E-state index is 0.0201.